The van der Waals surface area contributed by atoms with Crippen LogP contribution in [0.5, 0.6) is 5.75 Å². The maximum atomic E-state index is 9.35. The van der Waals surface area contributed by atoms with Gasteiger partial charge in [-0.15, -0.1) is 0 Å². The lowest BCUT2D eigenvalue weighted by Gasteiger charge is -2.37. The molecule has 0 saturated heterocycles. The first-order chi connectivity index (χ1) is 9.95. The van der Waals surface area contributed by atoms with Crippen molar-refractivity contribution in [1.29, 1.82) is 0 Å². The van der Waals surface area contributed by atoms with Crippen molar-refractivity contribution in [2.24, 2.45) is 5.41 Å². The van der Waals surface area contributed by atoms with E-state index < -0.39 is 0 Å². The fraction of sp³-hybridized carbons (Fsp3) is 0.667. The molecule has 0 heterocycles. The van der Waals surface area contributed by atoms with Gasteiger partial charge in [-0.2, -0.15) is 0 Å². The number of hydrogen-bond donors (Lipinski definition) is 2. The van der Waals surface area contributed by atoms with Gasteiger partial charge in [0.2, 0.25) is 0 Å². The molecule has 1 aliphatic rings. The zero-order valence-corrected chi connectivity index (χ0v) is 13.8. The molecule has 0 bridgehead atoms. The molecule has 1 aromatic carbocycles. The van der Waals surface area contributed by atoms with Crippen LogP contribution in [-0.2, 0) is 6.42 Å². The first kappa shape index (κ1) is 16.3. The van der Waals surface area contributed by atoms with E-state index in [0.717, 1.165) is 25.0 Å². The Kier molecular flexibility index (Phi) is 5.28. The molecule has 3 nitrogen and oxygen atoms in total. The molecule has 2 atom stereocenters. The fourth-order valence-electron chi connectivity index (χ4n) is 3.22. The van der Waals surface area contributed by atoms with Crippen molar-refractivity contribution < 1.29 is 9.84 Å². The number of hydrogen-bond acceptors (Lipinski definition) is 3. The van der Waals surface area contributed by atoms with Gasteiger partial charge in [0.05, 0.1) is 7.11 Å². The molecule has 0 aromatic heterocycles. The molecule has 0 saturated carbocycles. The van der Waals surface area contributed by atoms with E-state index in [1.165, 1.54) is 17.5 Å². The zero-order valence-electron chi connectivity index (χ0n) is 13.8. The summed E-state index contributed by atoms with van der Waals surface area (Å²) in [5.74, 6) is 0.928. The number of aliphatic hydroxyl groups excluding tert-OH is 1. The van der Waals surface area contributed by atoms with Gasteiger partial charge in [-0.25, -0.2) is 0 Å². The number of aliphatic hydroxyl groups is 1. The van der Waals surface area contributed by atoms with Crippen LogP contribution < -0.4 is 10.1 Å². The number of rotatable bonds is 5. The number of ether oxygens (including phenoxy) is 1. The second kappa shape index (κ2) is 6.80. The Bertz CT molecular complexity index is 465. The van der Waals surface area contributed by atoms with Crippen molar-refractivity contribution in [3.05, 3.63) is 29.3 Å². The minimum Gasteiger partial charge on any atom is -0.497 e. The van der Waals surface area contributed by atoms with Gasteiger partial charge in [0, 0.05) is 18.7 Å². The van der Waals surface area contributed by atoms with Crippen LogP contribution in [0.1, 0.15) is 57.2 Å². The lowest BCUT2D eigenvalue weighted by atomic mass is 9.81. The average Bonchev–Trinajstić information content (AvgIpc) is 2.45. The summed E-state index contributed by atoms with van der Waals surface area (Å²) < 4.78 is 5.38. The van der Waals surface area contributed by atoms with E-state index in [4.69, 9.17) is 4.74 Å². The van der Waals surface area contributed by atoms with Crippen LogP contribution in [0.15, 0.2) is 18.2 Å². The molecule has 118 valence electrons. The molecule has 21 heavy (non-hydrogen) atoms. The summed E-state index contributed by atoms with van der Waals surface area (Å²) in [6, 6.07) is 7.09. The third-order valence-electron chi connectivity index (χ3n) is 4.53. The maximum absolute atomic E-state index is 9.35. The third kappa shape index (κ3) is 3.98. The largest absolute Gasteiger partial charge is 0.497 e. The number of nitrogens with one attached hydrogen (secondary N) is 1. The normalized spacial score (nSPS) is 20.0. The van der Waals surface area contributed by atoms with Gasteiger partial charge < -0.3 is 15.2 Å². The van der Waals surface area contributed by atoms with Gasteiger partial charge >= 0.3 is 0 Å². The molecule has 2 unspecified atom stereocenters. The topological polar surface area (TPSA) is 41.5 Å². The molecule has 3 heteroatoms. The number of benzene rings is 1. The second-order valence-corrected chi connectivity index (χ2v) is 7.11. The van der Waals surface area contributed by atoms with E-state index in [2.05, 4.69) is 44.3 Å². The molecule has 1 aliphatic carbocycles. The summed E-state index contributed by atoms with van der Waals surface area (Å²) in [6.45, 7) is 6.92. The molecule has 0 spiro atoms. The predicted molar refractivity (Wildman–Crippen MR) is 86.8 cm³/mol. The summed E-state index contributed by atoms with van der Waals surface area (Å²) >= 11 is 0. The van der Waals surface area contributed by atoms with E-state index in [1.54, 1.807) is 7.11 Å². The van der Waals surface area contributed by atoms with Gasteiger partial charge in [0.15, 0.2) is 0 Å². The highest BCUT2D eigenvalue weighted by Crippen LogP contribution is 2.34. The molecule has 0 radical (unpaired) electrons. The Morgan fingerprint density at radius 1 is 1.38 bits per heavy atom. The Balaban J connectivity index is 2.22. The Labute approximate surface area is 128 Å². The summed E-state index contributed by atoms with van der Waals surface area (Å²) in [4.78, 5) is 0. The standard InChI is InChI=1S/C18H29NO2/c1-18(2,3)17(10-11-20)19-16-7-5-6-13-8-9-14(21-4)12-15(13)16/h8-9,12,16-17,19-20H,5-7,10-11H2,1-4H3. The molecule has 1 aromatic rings. The number of fused-ring (bicyclic) bond motifs is 1. The summed E-state index contributed by atoms with van der Waals surface area (Å²) in [5.41, 5.74) is 2.93. The Morgan fingerprint density at radius 2 is 2.14 bits per heavy atom. The monoisotopic (exact) mass is 291 g/mol. The first-order valence-electron chi connectivity index (χ1n) is 7.99. The highest BCUT2D eigenvalue weighted by atomic mass is 16.5. The van der Waals surface area contributed by atoms with Crippen molar-refractivity contribution in [3.8, 4) is 5.75 Å². The quantitative estimate of drug-likeness (QED) is 0.873. The van der Waals surface area contributed by atoms with Gasteiger partial charge in [-0.1, -0.05) is 26.8 Å². The smallest absolute Gasteiger partial charge is 0.119 e. The van der Waals surface area contributed by atoms with E-state index in [9.17, 15) is 5.11 Å². The van der Waals surface area contributed by atoms with E-state index in [0.29, 0.717) is 12.1 Å². The minimum atomic E-state index is 0.138. The van der Waals surface area contributed by atoms with Crippen molar-refractivity contribution in [2.75, 3.05) is 13.7 Å². The van der Waals surface area contributed by atoms with E-state index in [-0.39, 0.29) is 12.0 Å². The highest BCUT2D eigenvalue weighted by molar-refractivity contribution is 5.39. The molecule has 0 fully saturated rings. The lowest BCUT2D eigenvalue weighted by Crippen LogP contribution is -2.43. The fourth-order valence-corrected chi connectivity index (χ4v) is 3.22. The zero-order chi connectivity index (χ0) is 15.5. The Hall–Kier alpha value is -1.06. The Morgan fingerprint density at radius 3 is 2.76 bits per heavy atom. The molecular weight excluding hydrogens is 262 g/mol. The highest BCUT2D eigenvalue weighted by Gasteiger charge is 2.29. The minimum absolute atomic E-state index is 0.138. The average molecular weight is 291 g/mol. The molecular formula is C18H29NO2. The van der Waals surface area contributed by atoms with Gasteiger partial charge in [0.25, 0.3) is 0 Å². The maximum Gasteiger partial charge on any atom is 0.119 e. The van der Waals surface area contributed by atoms with Crippen molar-refractivity contribution >= 4 is 0 Å². The summed E-state index contributed by atoms with van der Waals surface area (Å²) in [6.07, 6.45) is 4.31. The molecule has 0 aliphatic heterocycles. The van der Waals surface area contributed by atoms with Crippen molar-refractivity contribution in [1.82, 2.24) is 5.32 Å². The van der Waals surface area contributed by atoms with Crippen molar-refractivity contribution in [2.45, 2.75) is 58.5 Å². The van der Waals surface area contributed by atoms with Gasteiger partial charge in [-0.05, 0) is 54.4 Å². The predicted octanol–water partition coefficient (Wildman–Crippen LogP) is 3.46. The van der Waals surface area contributed by atoms with Crippen LogP contribution in [0.4, 0.5) is 0 Å². The first-order valence-corrected chi connectivity index (χ1v) is 7.99. The second-order valence-electron chi connectivity index (χ2n) is 7.11. The molecule has 2 N–H and O–H groups in total. The number of aryl methyl sites for hydroxylation is 1. The molecule has 2 rings (SSSR count). The van der Waals surface area contributed by atoms with Crippen LogP contribution in [0.25, 0.3) is 0 Å². The van der Waals surface area contributed by atoms with Crippen molar-refractivity contribution in [3.63, 3.8) is 0 Å². The molecule has 0 amide bonds. The van der Waals surface area contributed by atoms with Gasteiger partial charge in [0.1, 0.15) is 5.75 Å². The van der Waals surface area contributed by atoms with Crippen LogP contribution >= 0.6 is 0 Å². The van der Waals surface area contributed by atoms with Crippen LogP contribution in [0, 0.1) is 5.41 Å². The van der Waals surface area contributed by atoms with Gasteiger partial charge in [-0.3, -0.25) is 0 Å². The lowest BCUT2D eigenvalue weighted by molar-refractivity contribution is 0.181. The SMILES string of the molecule is COc1ccc2c(c1)C(NC(CCO)C(C)(C)C)CCC2. The van der Waals surface area contributed by atoms with Crippen LogP contribution in [0.2, 0.25) is 0 Å². The van der Waals surface area contributed by atoms with Crippen LogP contribution in [-0.4, -0.2) is 24.9 Å². The third-order valence-corrected chi connectivity index (χ3v) is 4.53. The van der Waals surface area contributed by atoms with E-state index >= 15 is 0 Å². The van der Waals surface area contributed by atoms with E-state index in [1.807, 2.05) is 0 Å². The number of methoxy groups -OCH3 is 1. The summed E-state index contributed by atoms with van der Waals surface area (Å²) in [7, 11) is 1.72. The van der Waals surface area contributed by atoms with Crippen LogP contribution in [0.3, 0.4) is 0 Å². The summed E-state index contributed by atoms with van der Waals surface area (Å²) in [5, 5.41) is 13.1.